The second-order valence-corrected chi connectivity index (χ2v) is 9.25. The molecule has 0 bridgehead atoms. The maximum atomic E-state index is 12.8. The van der Waals surface area contributed by atoms with Gasteiger partial charge in [0, 0.05) is 11.6 Å². The van der Waals surface area contributed by atoms with Crippen molar-refractivity contribution in [3.63, 3.8) is 0 Å². The fourth-order valence-electron chi connectivity index (χ4n) is 3.34. The van der Waals surface area contributed by atoms with E-state index in [0.29, 0.717) is 65.8 Å². The van der Waals surface area contributed by atoms with Gasteiger partial charge in [0.15, 0.2) is 5.75 Å². The number of carbonyl (C=O) groups excluding carboxylic acids is 2. The van der Waals surface area contributed by atoms with Crippen LogP contribution in [0.4, 0.5) is 11.4 Å². The molecule has 0 amide bonds. The number of azo groups is 1. The van der Waals surface area contributed by atoms with Crippen LogP contribution in [0.25, 0.3) is 0 Å². The topological polar surface area (TPSA) is 95.8 Å². The van der Waals surface area contributed by atoms with E-state index in [1.165, 1.54) is 0 Å². The third kappa shape index (κ3) is 10.0. The van der Waals surface area contributed by atoms with Gasteiger partial charge < -0.3 is 18.9 Å². The largest absolute Gasteiger partial charge is 0.494 e. The second-order valence-electron chi connectivity index (χ2n) is 9.25. The average molecular weight is 545 g/mol. The highest BCUT2D eigenvalue weighted by Gasteiger charge is 2.12. The molecule has 8 nitrogen and oxygen atoms in total. The molecule has 0 aliphatic heterocycles. The molecule has 0 unspecified atom stereocenters. The van der Waals surface area contributed by atoms with Crippen LogP contribution in [-0.2, 0) is 9.53 Å². The van der Waals surface area contributed by atoms with Crippen LogP contribution in [-0.4, -0.2) is 31.8 Å². The molecule has 3 rings (SSSR count). The van der Waals surface area contributed by atoms with Gasteiger partial charge in [0.1, 0.15) is 17.2 Å². The number of carbonyl (C=O) groups is 2. The van der Waals surface area contributed by atoms with Crippen LogP contribution in [0.3, 0.4) is 0 Å². The lowest BCUT2D eigenvalue weighted by Gasteiger charge is -2.11. The molecule has 8 heteroatoms. The van der Waals surface area contributed by atoms with Gasteiger partial charge in [-0.05, 0) is 81.6 Å². The molecule has 0 aromatic heterocycles. The minimum absolute atomic E-state index is 0.273. The van der Waals surface area contributed by atoms with Crippen molar-refractivity contribution in [2.75, 3.05) is 19.8 Å². The number of hydrogen-bond acceptors (Lipinski definition) is 8. The maximum absolute atomic E-state index is 12.8. The van der Waals surface area contributed by atoms with Crippen molar-refractivity contribution in [2.24, 2.45) is 10.2 Å². The second kappa shape index (κ2) is 15.8. The average Bonchev–Trinajstić information content (AvgIpc) is 2.95. The smallest absolute Gasteiger partial charge is 0.343 e. The Hall–Kier alpha value is -4.46. The molecule has 40 heavy (non-hydrogen) atoms. The molecule has 0 spiro atoms. The Morgan fingerprint density at radius 1 is 0.800 bits per heavy atom. The molecule has 210 valence electrons. The van der Waals surface area contributed by atoms with Gasteiger partial charge in [0.2, 0.25) is 0 Å². The van der Waals surface area contributed by atoms with Gasteiger partial charge >= 0.3 is 11.9 Å². The monoisotopic (exact) mass is 544 g/mol. The zero-order valence-corrected chi connectivity index (χ0v) is 23.4. The van der Waals surface area contributed by atoms with E-state index < -0.39 is 11.9 Å². The molecule has 3 aromatic carbocycles. The molecule has 0 N–H and O–H groups in total. The summed E-state index contributed by atoms with van der Waals surface area (Å²) in [7, 11) is 0. The first-order valence-corrected chi connectivity index (χ1v) is 13.4. The van der Waals surface area contributed by atoms with Crippen molar-refractivity contribution in [1.82, 2.24) is 0 Å². The number of rotatable bonds is 15. The van der Waals surface area contributed by atoms with Crippen LogP contribution in [0, 0.1) is 6.92 Å². The Balaban J connectivity index is 1.67. The zero-order valence-electron chi connectivity index (χ0n) is 23.4. The number of nitrogens with zero attached hydrogens (tertiary/aromatic N) is 2. The first-order chi connectivity index (χ1) is 19.4. The van der Waals surface area contributed by atoms with Gasteiger partial charge in [-0.1, -0.05) is 37.6 Å². The van der Waals surface area contributed by atoms with E-state index in [-0.39, 0.29) is 6.61 Å². The summed E-state index contributed by atoms with van der Waals surface area (Å²) in [5.74, 6) is 0.526. The number of aryl methyl sites for hydroxylation is 1. The van der Waals surface area contributed by atoms with Gasteiger partial charge in [0.25, 0.3) is 0 Å². The summed E-state index contributed by atoms with van der Waals surface area (Å²) in [5, 5.41) is 8.65. The highest BCUT2D eigenvalue weighted by atomic mass is 16.5. The van der Waals surface area contributed by atoms with Crippen molar-refractivity contribution < 1.29 is 28.5 Å². The van der Waals surface area contributed by atoms with E-state index in [9.17, 15) is 9.59 Å². The minimum Gasteiger partial charge on any atom is -0.494 e. The van der Waals surface area contributed by atoms with E-state index in [4.69, 9.17) is 18.9 Å². The number of ether oxygens (including phenoxy) is 4. The molecule has 0 fully saturated rings. The van der Waals surface area contributed by atoms with Gasteiger partial charge in [-0.25, -0.2) is 9.59 Å². The highest BCUT2D eigenvalue weighted by Crippen LogP contribution is 2.34. The third-order valence-electron chi connectivity index (χ3n) is 5.68. The Morgan fingerprint density at radius 2 is 1.48 bits per heavy atom. The quantitative estimate of drug-likeness (QED) is 0.0631. The molecule has 3 aromatic rings. The SMILES string of the molecule is C=C(C)C(=O)OCCCCOc1cc(OC(=O)c2ccc(OCCCC)cc2)ccc1N=Nc1ccc(C)cc1. The van der Waals surface area contributed by atoms with Crippen molar-refractivity contribution in [3.05, 3.63) is 90.0 Å². The van der Waals surface area contributed by atoms with Crippen LogP contribution >= 0.6 is 0 Å². The fourth-order valence-corrected chi connectivity index (χ4v) is 3.34. The van der Waals surface area contributed by atoms with Crippen LogP contribution in [0.5, 0.6) is 17.2 Å². The molecule has 0 radical (unpaired) electrons. The predicted octanol–water partition coefficient (Wildman–Crippen LogP) is 8.09. The van der Waals surface area contributed by atoms with E-state index in [1.54, 1.807) is 49.4 Å². The fraction of sp³-hybridized carbons (Fsp3) is 0.312. The first kappa shape index (κ1) is 30.1. The predicted molar refractivity (Wildman–Crippen MR) is 154 cm³/mol. The Labute approximate surface area is 235 Å². The standard InChI is InChI=1S/C32H36N2O6/c1-5-6-19-37-27-15-11-25(12-16-27)32(36)40-28-17-18-29(34-33-26-13-9-24(4)10-14-26)30(22-28)38-20-7-8-21-39-31(35)23(2)3/h9-18,22H,2,5-8,19-21H2,1,3-4H3. The lowest BCUT2D eigenvalue weighted by atomic mass is 10.2. The summed E-state index contributed by atoms with van der Waals surface area (Å²) >= 11 is 0. The van der Waals surface area contributed by atoms with Crippen LogP contribution in [0.15, 0.2) is 89.1 Å². The molecular weight excluding hydrogens is 508 g/mol. The Kier molecular flexibility index (Phi) is 11.9. The van der Waals surface area contributed by atoms with Crippen molar-refractivity contribution in [3.8, 4) is 17.2 Å². The first-order valence-electron chi connectivity index (χ1n) is 13.4. The van der Waals surface area contributed by atoms with Gasteiger partial charge in [-0.3, -0.25) is 0 Å². The van der Waals surface area contributed by atoms with Gasteiger partial charge in [-0.2, -0.15) is 5.11 Å². The summed E-state index contributed by atoms with van der Waals surface area (Å²) in [6.07, 6.45) is 3.27. The van der Waals surface area contributed by atoms with E-state index in [1.807, 2.05) is 31.2 Å². The Bertz CT molecular complexity index is 1300. The maximum Gasteiger partial charge on any atom is 0.343 e. The Morgan fingerprint density at radius 3 is 2.17 bits per heavy atom. The summed E-state index contributed by atoms with van der Waals surface area (Å²) in [6, 6.07) is 19.5. The lowest BCUT2D eigenvalue weighted by Crippen LogP contribution is -2.09. The van der Waals surface area contributed by atoms with E-state index >= 15 is 0 Å². The van der Waals surface area contributed by atoms with Crippen LogP contribution in [0.1, 0.15) is 55.5 Å². The summed E-state index contributed by atoms with van der Waals surface area (Å²) in [4.78, 5) is 24.3. The normalized spacial score (nSPS) is 10.8. The van der Waals surface area contributed by atoms with E-state index in [2.05, 4.69) is 23.7 Å². The molecule has 0 heterocycles. The van der Waals surface area contributed by atoms with Crippen molar-refractivity contribution >= 4 is 23.3 Å². The lowest BCUT2D eigenvalue weighted by molar-refractivity contribution is -0.139. The van der Waals surface area contributed by atoms with Gasteiger partial charge in [0.05, 0.1) is 31.1 Å². The molecular formula is C32H36N2O6. The molecule has 0 aliphatic carbocycles. The summed E-state index contributed by atoms with van der Waals surface area (Å²) < 4.78 is 22.4. The molecule has 0 saturated carbocycles. The highest BCUT2D eigenvalue weighted by molar-refractivity contribution is 5.91. The van der Waals surface area contributed by atoms with E-state index in [0.717, 1.165) is 18.4 Å². The molecule has 0 aliphatic rings. The van der Waals surface area contributed by atoms with Gasteiger partial charge in [-0.15, -0.1) is 5.11 Å². The molecule has 0 saturated heterocycles. The number of esters is 2. The zero-order chi connectivity index (χ0) is 28.7. The van der Waals surface area contributed by atoms with Crippen LogP contribution in [0.2, 0.25) is 0 Å². The number of unbranched alkanes of at least 4 members (excludes halogenated alkanes) is 2. The minimum atomic E-state index is -0.501. The number of benzene rings is 3. The summed E-state index contributed by atoms with van der Waals surface area (Å²) in [6.45, 7) is 10.5. The van der Waals surface area contributed by atoms with Crippen molar-refractivity contribution in [2.45, 2.75) is 46.5 Å². The molecule has 0 atom stereocenters. The van der Waals surface area contributed by atoms with Crippen LogP contribution < -0.4 is 14.2 Å². The summed E-state index contributed by atoms with van der Waals surface area (Å²) in [5.41, 5.74) is 3.08. The number of hydrogen-bond donors (Lipinski definition) is 0. The van der Waals surface area contributed by atoms with Crippen molar-refractivity contribution in [1.29, 1.82) is 0 Å². The third-order valence-corrected chi connectivity index (χ3v) is 5.68.